The van der Waals surface area contributed by atoms with E-state index in [1.165, 1.54) is 11.1 Å². The van der Waals surface area contributed by atoms with E-state index in [4.69, 9.17) is 4.74 Å². The number of aryl methyl sites for hydroxylation is 1. The maximum Gasteiger partial charge on any atom is 0.310 e. The quantitative estimate of drug-likeness (QED) is 0.879. The van der Waals surface area contributed by atoms with Crippen molar-refractivity contribution in [3.8, 4) is 0 Å². The number of benzene rings is 1. The Labute approximate surface area is 114 Å². The van der Waals surface area contributed by atoms with Crippen LogP contribution in [0.3, 0.4) is 0 Å². The third kappa shape index (κ3) is 3.14. The number of hydrogen-bond acceptors (Lipinski definition) is 3. The van der Waals surface area contributed by atoms with Gasteiger partial charge in [-0.2, -0.15) is 0 Å². The molecule has 2 atom stereocenters. The van der Waals surface area contributed by atoms with Crippen LogP contribution in [0.2, 0.25) is 0 Å². The average Bonchev–Trinajstić information content (AvgIpc) is 2.88. The van der Waals surface area contributed by atoms with Gasteiger partial charge in [0.25, 0.3) is 0 Å². The van der Waals surface area contributed by atoms with Crippen molar-refractivity contribution in [3.63, 3.8) is 0 Å². The first-order valence-corrected chi connectivity index (χ1v) is 6.71. The van der Waals surface area contributed by atoms with Gasteiger partial charge < -0.3 is 9.84 Å². The van der Waals surface area contributed by atoms with Gasteiger partial charge in [0.05, 0.1) is 19.1 Å². The van der Waals surface area contributed by atoms with Crippen molar-refractivity contribution in [2.24, 2.45) is 5.92 Å². The summed E-state index contributed by atoms with van der Waals surface area (Å²) in [4.78, 5) is 13.3. The van der Waals surface area contributed by atoms with E-state index in [9.17, 15) is 9.90 Å². The molecule has 0 bridgehead atoms. The summed E-state index contributed by atoms with van der Waals surface area (Å²) in [5, 5.41) is 9.19. The van der Waals surface area contributed by atoms with Crippen molar-refractivity contribution >= 4 is 5.97 Å². The molecule has 1 aliphatic rings. The van der Waals surface area contributed by atoms with Crippen LogP contribution >= 0.6 is 0 Å². The molecule has 0 saturated carbocycles. The average molecular weight is 263 g/mol. The fourth-order valence-corrected chi connectivity index (χ4v) is 2.66. The number of carbonyl (C=O) groups is 1. The minimum atomic E-state index is -0.766. The summed E-state index contributed by atoms with van der Waals surface area (Å²) in [7, 11) is 1.97. The highest BCUT2D eigenvalue weighted by atomic mass is 16.5. The first kappa shape index (κ1) is 14.0. The Morgan fingerprint density at radius 2 is 2.05 bits per heavy atom. The molecule has 19 heavy (non-hydrogen) atoms. The van der Waals surface area contributed by atoms with E-state index in [1.54, 1.807) is 0 Å². The largest absolute Gasteiger partial charge is 0.481 e. The summed E-state index contributed by atoms with van der Waals surface area (Å²) in [6.07, 6.45) is 0.994. The first-order chi connectivity index (χ1) is 9.13. The van der Waals surface area contributed by atoms with Gasteiger partial charge in [-0.05, 0) is 24.6 Å². The number of carboxylic acid groups (broad SMARTS) is 1. The van der Waals surface area contributed by atoms with E-state index in [2.05, 4.69) is 24.0 Å². The molecule has 4 nitrogen and oxygen atoms in total. The fourth-order valence-electron chi connectivity index (χ4n) is 2.66. The predicted molar refractivity (Wildman–Crippen MR) is 73.0 cm³/mol. The molecule has 1 aromatic rings. The number of nitrogens with zero attached hydrogens (tertiary/aromatic N) is 1. The van der Waals surface area contributed by atoms with Gasteiger partial charge in [0.2, 0.25) is 0 Å². The second-order valence-electron chi connectivity index (χ2n) is 5.09. The van der Waals surface area contributed by atoms with Gasteiger partial charge in [-0.15, -0.1) is 0 Å². The number of aliphatic carboxylic acids is 1. The van der Waals surface area contributed by atoms with Crippen molar-refractivity contribution in [3.05, 3.63) is 35.4 Å². The molecule has 2 unspecified atom stereocenters. The molecule has 104 valence electrons. The first-order valence-electron chi connectivity index (χ1n) is 6.71. The Balaban J connectivity index is 2.08. The molecule has 1 fully saturated rings. The Morgan fingerprint density at radius 3 is 2.68 bits per heavy atom. The molecule has 1 N–H and O–H groups in total. The van der Waals surface area contributed by atoms with Crippen LogP contribution in [0.25, 0.3) is 0 Å². The summed E-state index contributed by atoms with van der Waals surface area (Å²) in [6, 6.07) is 8.27. The van der Waals surface area contributed by atoms with Crippen molar-refractivity contribution < 1.29 is 14.6 Å². The third-order valence-corrected chi connectivity index (χ3v) is 3.85. The van der Waals surface area contributed by atoms with Crippen molar-refractivity contribution in [1.29, 1.82) is 0 Å². The summed E-state index contributed by atoms with van der Waals surface area (Å²) in [5.41, 5.74) is 2.59. The van der Waals surface area contributed by atoms with E-state index in [-0.39, 0.29) is 6.04 Å². The van der Waals surface area contributed by atoms with Crippen LogP contribution in [0.4, 0.5) is 0 Å². The standard InChI is InChI=1S/C15H21NO3/c1-3-11-6-4-5-7-12(11)8-16(2)14-10-19-9-13(14)15(17)18/h4-7,13-14H,3,8-10H2,1-2H3,(H,17,18). The van der Waals surface area contributed by atoms with Crippen LogP contribution < -0.4 is 0 Å². The molecular weight excluding hydrogens is 242 g/mol. The lowest BCUT2D eigenvalue weighted by atomic mass is 10.0. The second kappa shape index (κ2) is 6.17. The van der Waals surface area contributed by atoms with Crippen LogP contribution in [0, 0.1) is 5.92 Å². The molecule has 1 aliphatic heterocycles. The van der Waals surface area contributed by atoms with Crippen molar-refractivity contribution in [2.75, 3.05) is 20.3 Å². The van der Waals surface area contributed by atoms with Crippen LogP contribution in [-0.4, -0.2) is 42.3 Å². The summed E-state index contributed by atoms with van der Waals surface area (Å²) < 4.78 is 5.32. The van der Waals surface area contributed by atoms with Crippen LogP contribution in [-0.2, 0) is 22.5 Å². The third-order valence-electron chi connectivity index (χ3n) is 3.85. The van der Waals surface area contributed by atoms with Crippen molar-refractivity contribution in [1.82, 2.24) is 4.90 Å². The minimum absolute atomic E-state index is 0.0394. The number of ether oxygens (including phenoxy) is 1. The molecule has 0 aromatic heterocycles. The SMILES string of the molecule is CCc1ccccc1CN(C)C1COCC1C(=O)O. The lowest BCUT2D eigenvalue weighted by molar-refractivity contribution is -0.143. The van der Waals surface area contributed by atoms with Gasteiger partial charge in [-0.1, -0.05) is 31.2 Å². The zero-order valence-corrected chi connectivity index (χ0v) is 11.5. The topological polar surface area (TPSA) is 49.8 Å². The smallest absolute Gasteiger partial charge is 0.310 e. The Morgan fingerprint density at radius 1 is 1.37 bits per heavy atom. The van der Waals surface area contributed by atoms with Gasteiger partial charge in [-0.25, -0.2) is 0 Å². The summed E-state index contributed by atoms with van der Waals surface area (Å²) in [5.74, 6) is -1.18. The van der Waals surface area contributed by atoms with Crippen LogP contribution in [0.5, 0.6) is 0 Å². The predicted octanol–water partition coefficient (Wildman–Crippen LogP) is 1.78. The molecule has 0 aliphatic carbocycles. The molecule has 4 heteroatoms. The Hall–Kier alpha value is -1.39. The van der Waals surface area contributed by atoms with Gasteiger partial charge in [0.1, 0.15) is 0 Å². The number of carboxylic acids is 1. The lowest BCUT2D eigenvalue weighted by Crippen LogP contribution is -2.40. The Kier molecular flexibility index (Phi) is 4.56. The molecule has 0 amide bonds. The maximum absolute atomic E-state index is 11.2. The molecule has 0 radical (unpaired) electrons. The molecule has 1 heterocycles. The number of likely N-dealkylation sites (N-methyl/N-ethyl adjacent to an activating group) is 1. The minimum Gasteiger partial charge on any atom is -0.481 e. The molecule has 1 saturated heterocycles. The normalized spacial score (nSPS) is 22.9. The van der Waals surface area contributed by atoms with E-state index >= 15 is 0 Å². The molecule has 1 aromatic carbocycles. The summed E-state index contributed by atoms with van der Waals surface area (Å²) >= 11 is 0. The lowest BCUT2D eigenvalue weighted by Gasteiger charge is -2.27. The Bertz CT molecular complexity index is 447. The zero-order chi connectivity index (χ0) is 13.8. The highest BCUT2D eigenvalue weighted by Gasteiger charge is 2.36. The highest BCUT2D eigenvalue weighted by Crippen LogP contribution is 2.21. The van der Waals surface area contributed by atoms with Gasteiger partial charge in [0, 0.05) is 12.6 Å². The molecular formula is C15H21NO3. The van der Waals surface area contributed by atoms with Crippen LogP contribution in [0.1, 0.15) is 18.1 Å². The van der Waals surface area contributed by atoms with E-state index < -0.39 is 11.9 Å². The maximum atomic E-state index is 11.2. The highest BCUT2D eigenvalue weighted by molar-refractivity contribution is 5.71. The molecule has 2 rings (SSSR count). The van der Waals surface area contributed by atoms with E-state index in [1.807, 2.05) is 19.2 Å². The van der Waals surface area contributed by atoms with Gasteiger partial charge in [-0.3, -0.25) is 9.69 Å². The second-order valence-corrected chi connectivity index (χ2v) is 5.09. The fraction of sp³-hybridized carbons (Fsp3) is 0.533. The van der Waals surface area contributed by atoms with E-state index in [0.717, 1.165) is 13.0 Å². The van der Waals surface area contributed by atoms with Crippen LogP contribution in [0.15, 0.2) is 24.3 Å². The van der Waals surface area contributed by atoms with E-state index in [0.29, 0.717) is 13.2 Å². The van der Waals surface area contributed by atoms with Gasteiger partial charge in [0.15, 0.2) is 0 Å². The zero-order valence-electron chi connectivity index (χ0n) is 11.5. The monoisotopic (exact) mass is 263 g/mol. The number of rotatable bonds is 5. The van der Waals surface area contributed by atoms with Gasteiger partial charge >= 0.3 is 5.97 Å². The molecule has 0 spiro atoms. The summed E-state index contributed by atoms with van der Waals surface area (Å²) in [6.45, 7) is 3.72. The number of hydrogen-bond donors (Lipinski definition) is 1. The van der Waals surface area contributed by atoms with Crippen molar-refractivity contribution in [2.45, 2.75) is 25.9 Å².